The molecule has 0 saturated heterocycles. The van der Waals surface area contributed by atoms with Crippen LogP contribution in [0.4, 0.5) is 10.5 Å². The van der Waals surface area contributed by atoms with Gasteiger partial charge >= 0.3 is 12.1 Å². The maximum Gasteiger partial charge on any atom is 0.411 e. The highest BCUT2D eigenvalue weighted by atomic mass is 16.6. The summed E-state index contributed by atoms with van der Waals surface area (Å²) in [6, 6.07) is 7.28. The molecule has 1 amide bonds. The standard InChI is InChI=1S/C18H25NO4/c1-6-18(4,5)16(20)22-11-12-23-17(21)19-15-9-7-14(8-10-15)13(2)3/h7-10H,2,6,11-12H2,1,3-5H3,(H,19,21). The Balaban J connectivity index is 2.32. The van der Waals surface area contributed by atoms with Gasteiger partial charge in [0.05, 0.1) is 5.41 Å². The smallest absolute Gasteiger partial charge is 0.411 e. The predicted octanol–water partition coefficient (Wildman–Crippen LogP) is 4.25. The number of hydrogen-bond donors (Lipinski definition) is 1. The number of hydrogen-bond acceptors (Lipinski definition) is 4. The number of ether oxygens (including phenoxy) is 2. The van der Waals surface area contributed by atoms with Crippen LogP contribution in [-0.2, 0) is 14.3 Å². The van der Waals surface area contributed by atoms with Crippen LogP contribution in [-0.4, -0.2) is 25.3 Å². The van der Waals surface area contributed by atoms with Crippen LogP contribution >= 0.6 is 0 Å². The van der Waals surface area contributed by atoms with E-state index in [1.54, 1.807) is 12.1 Å². The van der Waals surface area contributed by atoms with Gasteiger partial charge in [0.1, 0.15) is 13.2 Å². The van der Waals surface area contributed by atoms with E-state index in [9.17, 15) is 9.59 Å². The van der Waals surface area contributed by atoms with Crippen LogP contribution in [0.5, 0.6) is 0 Å². The number of allylic oxidation sites excluding steroid dienone is 1. The summed E-state index contributed by atoms with van der Waals surface area (Å²) in [7, 11) is 0. The fourth-order valence-electron chi connectivity index (χ4n) is 1.60. The molecule has 5 nitrogen and oxygen atoms in total. The van der Waals surface area contributed by atoms with Crippen LogP contribution in [0.2, 0.25) is 0 Å². The Hall–Kier alpha value is -2.30. The first-order chi connectivity index (χ1) is 10.8. The van der Waals surface area contributed by atoms with E-state index in [-0.39, 0.29) is 19.2 Å². The Bertz CT molecular complexity index is 561. The molecule has 1 N–H and O–H groups in total. The lowest BCUT2D eigenvalue weighted by atomic mass is 9.91. The van der Waals surface area contributed by atoms with Crippen LogP contribution in [0.1, 0.15) is 39.7 Å². The Morgan fingerprint density at radius 2 is 1.70 bits per heavy atom. The van der Waals surface area contributed by atoms with Crippen molar-refractivity contribution < 1.29 is 19.1 Å². The molecule has 0 unspecified atom stereocenters. The second-order valence-electron chi connectivity index (χ2n) is 5.99. The molecule has 0 aliphatic carbocycles. The first-order valence-electron chi connectivity index (χ1n) is 7.63. The van der Waals surface area contributed by atoms with E-state index >= 15 is 0 Å². The van der Waals surface area contributed by atoms with Crippen molar-refractivity contribution in [1.82, 2.24) is 0 Å². The predicted molar refractivity (Wildman–Crippen MR) is 91.2 cm³/mol. The van der Waals surface area contributed by atoms with Crippen molar-refractivity contribution in [1.29, 1.82) is 0 Å². The van der Waals surface area contributed by atoms with Crippen molar-refractivity contribution in [2.24, 2.45) is 5.41 Å². The molecule has 23 heavy (non-hydrogen) atoms. The van der Waals surface area contributed by atoms with Crippen LogP contribution in [0.25, 0.3) is 5.57 Å². The second-order valence-corrected chi connectivity index (χ2v) is 5.99. The monoisotopic (exact) mass is 319 g/mol. The molecule has 0 aromatic heterocycles. The van der Waals surface area contributed by atoms with Gasteiger partial charge in [0.25, 0.3) is 0 Å². The first-order valence-corrected chi connectivity index (χ1v) is 7.63. The zero-order chi connectivity index (χ0) is 17.5. The molecule has 5 heteroatoms. The fourth-order valence-corrected chi connectivity index (χ4v) is 1.60. The zero-order valence-corrected chi connectivity index (χ0v) is 14.3. The average Bonchev–Trinajstić information content (AvgIpc) is 2.51. The van der Waals surface area contributed by atoms with E-state index in [1.807, 2.05) is 39.8 Å². The Kier molecular flexibility index (Phi) is 6.82. The molecule has 0 aliphatic heterocycles. The van der Waals surface area contributed by atoms with E-state index in [2.05, 4.69) is 11.9 Å². The van der Waals surface area contributed by atoms with Crippen molar-refractivity contribution >= 4 is 23.3 Å². The number of rotatable bonds is 7. The molecule has 0 atom stereocenters. The molecule has 1 rings (SSSR count). The molecule has 0 bridgehead atoms. The van der Waals surface area contributed by atoms with Crippen molar-refractivity contribution in [2.45, 2.75) is 34.1 Å². The van der Waals surface area contributed by atoms with Gasteiger partial charge in [0.2, 0.25) is 0 Å². The molecule has 0 spiro atoms. The molecule has 0 radical (unpaired) electrons. The minimum atomic E-state index is -0.584. The fraction of sp³-hybridized carbons (Fsp3) is 0.444. The normalized spacial score (nSPS) is 10.8. The molecule has 1 aromatic rings. The number of carbonyl (C=O) groups excluding carboxylic acids is 2. The molecule has 126 valence electrons. The number of esters is 1. The highest BCUT2D eigenvalue weighted by molar-refractivity contribution is 5.84. The SMILES string of the molecule is C=C(C)c1ccc(NC(=O)OCCOC(=O)C(C)(C)CC)cc1. The lowest BCUT2D eigenvalue weighted by molar-refractivity contribution is -0.155. The summed E-state index contributed by atoms with van der Waals surface area (Å²) < 4.78 is 10.1. The number of anilines is 1. The minimum absolute atomic E-state index is 0.0151. The third kappa shape index (κ3) is 6.14. The third-order valence-electron chi connectivity index (χ3n) is 3.61. The van der Waals surface area contributed by atoms with Crippen LogP contribution < -0.4 is 5.32 Å². The minimum Gasteiger partial charge on any atom is -0.462 e. The summed E-state index contributed by atoms with van der Waals surface area (Å²) in [6.45, 7) is 11.4. The average molecular weight is 319 g/mol. The highest BCUT2D eigenvalue weighted by Gasteiger charge is 2.26. The summed E-state index contributed by atoms with van der Waals surface area (Å²) in [6.07, 6.45) is 0.103. The molecular weight excluding hydrogens is 294 g/mol. The summed E-state index contributed by atoms with van der Waals surface area (Å²) in [5, 5.41) is 2.61. The number of amides is 1. The van der Waals surface area contributed by atoms with E-state index < -0.39 is 11.5 Å². The molecular formula is C18H25NO4. The highest BCUT2D eigenvalue weighted by Crippen LogP contribution is 2.21. The van der Waals surface area contributed by atoms with E-state index in [0.717, 1.165) is 11.1 Å². The van der Waals surface area contributed by atoms with Crippen molar-refractivity contribution in [3.63, 3.8) is 0 Å². The quantitative estimate of drug-likeness (QED) is 0.603. The summed E-state index contributed by atoms with van der Waals surface area (Å²) in [5.74, 6) is -0.292. The Labute approximate surface area is 137 Å². The van der Waals surface area contributed by atoms with Gasteiger partial charge in [-0.25, -0.2) is 4.79 Å². The number of nitrogens with one attached hydrogen (secondary N) is 1. The molecule has 0 saturated carbocycles. The van der Waals surface area contributed by atoms with Gasteiger partial charge in [0, 0.05) is 5.69 Å². The van der Waals surface area contributed by atoms with Crippen LogP contribution in [0, 0.1) is 5.41 Å². The summed E-state index contributed by atoms with van der Waals surface area (Å²) >= 11 is 0. The maximum atomic E-state index is 11.7. The summed E-state index contributed by atoms with van der Waals surface area (Å²) in [5.41, 5.74) is 2.07. The topological polar surface area (TPSA) is 64.6 Å². The second kappa shape index (κ2) is 8.36. The van der Waals surface area contributed by atoms with Gasteiger partial charge in [-0.1, -0.05) is 31.2 Å². The summed E-state index contributed by atoms with van der Waals surface area (Å²) in [4.78, 5) is 23.4. The van der Waals surface area contributed by atoms with E-state index in [1.165, 1.54) is 0 Å². The molecule has 1 aromatic carbocycles. The van der Waals surface area contributed by atoms with Crippen molar-refractivity contribution in [3.8, 4) is 0 Å². The maximum absolute atomic E-state index is 11.7. The van der Waals surface area contributed by atoms with Gasteiger partial charge in [0.15, 0.2) is 0 Å². The molecule has 0 fully saturated rings. The third-order valence-corrected chi connectivity index (χ3v) is 3.61. The Morgan fingerprint density at radius 3 is 2.22 bits per heavy atom. The largest absolute Gasteiger partial charge is 0.462 e. The molecule has 0 aliphatic rings. The first kappa shape index (κ1) is 18.7. The van der Waals surface area contributed by atoms with E-state index in [0.29, 0.717) is 12.1 Å². The zero-order valence-electron chi connectivity index (χ0n) is 14.3. The van der Waals surface area contributed by atoms with Gasteiger partial charge in [-0.15, -0.1) is 0 Å². The number of benzene rings is 1. The van der Waals surface area contributed by atoms with Crippen LogP contribution in [0.3, 0.4) is 0 Å². The van der Waals surface area contributed by atoms with Crippen molar-refractivity contribution in [3.05, 3.63) is 36.4 Å². The Morgan fingerprint density at radius 1 is 1.13 bits per heavy atom. The molecule has 0 heterocycles. The van der Waals surface area contributed by atoms with Gasteiger partial charge < -0.3 is 9.47 Å². The van der Waals surface area contributed by atoms with Gasteiger partial charge in [-0.2, -0.15) is 0 Å². The van der Waals surface area contributed by atoms with Gasteiger partial charge in [-0.3, -0.25) is 10.1 Å². The lowest BCUT2D eigenvalue weighted by Crippen LogP contribution is -2.27. The lowest BCUT2D eigenvalue weighted by Gasteiger charge is -2.20. The number of carbonyl (C=O) groups is 2. The van der Waals surface area contributed by atoms with Crippen LogP contribution in [0.15, 0.2) is 30.8 Å². The van der Waals surface area contributed by atoms with Crippen molar-refractivity contribution in [2.75, 3.05) is 18.5 Å². The van der Waals surface area contributed by atoms with Gasteiger partial charge in [-0.05, 0) is 44.9 Å². The van der Waals surface area contributed by atoms with E-state index in [4.69, 9.17) is 9.47 Å².